The van der Waals surface area contributed by atoms with Gasteiger partial charge in [0.2, 0.25) is 0 Å². The highest BCUT2D eigenvalue weighted by Gasteiger charge is 2.12. The standard InChI is InChI=1S/C5H10O2.C4H6O2/c6-4-5-2-1-3-7-5;1-3(2)4(5)6/h5-6H,1-4H2;1H2,2H3,(H,5,6). The monoisotopic (exact) mass is 188 g/mol. The average molecular weight is 188 g/mol. The van der Waals surface area contributed by atoms with Gasteiger partial charge in [0.1, 0.15) is 0 Å². The van der Waals surface area contributed by atoms with Crippen LogP contribution in [0.25, 0.3) is 0 Å². The Morgan fingerprint density at radius 2 is 2.23 bits per heavy atom. The van der Waals surface area contributed by atoms with Gasteiger partial charge in [0.25, 0.3) is 0 Å². The van der Waals surface area contributed by atoms with Crippen molar-refractivity contribution >= 4 is 5.97 Å². The number of aliphatic hydroxyl groups is 1. The van der Waals surface area contributed by atoms with E-state index in [1.54, 1.807) is 0 Å². The molecule has 0 aromatic carbocycles. The molecule has 0 saturated carbocycles. The summed E-state index contributed by atoms with van der Waals surface area (Å²) in [6.45, 7) is 5.63. The first kappa shape index (κ1) is 12.1. The lowest BCUT2D eigenvalue weighted by Gasteiger charge is -2.00. The number of hydrogen-bond donors (Lipinski definition) is 2. The summed E-state index contributed by atoms with van der Waals surface area (Å²) in [6, 6.07) is 0. The Bertz CT molecular complexity index is 158. The van der Waals surface area contributed by atoms with Gasteiger partial charge in [-0.15, -0.1) is 0 Å². The Morgan fingerprint density at radius 3 is 2.38 bits per heavy atom. The fourth-order valence-corrected chi connectivity index (χ4v) is 0.788. The molecule has 1 unspecified atom stereocenters. The van der Waals surface area contributed by atoms with Crippen LogP contribution in [0.3, 0.4) is 0 Å². The maximum absolute atomic E-state index is 9.60. The first-order valence-electron chi connectivity index (χ1n) is 4.19. The third-order valence-corrected chi connectivity index (χ3v) is 1.59. The zero-order valence-corrected chi connectivity index (χ0v) is 7.82. The molecule has 0 aromatic rings. The number of carboxylic acid groups (broad SMARTS) is 1. The summed E-state index contributed by atoms with van der Waals surface area (Å²) in [5.74, 6) is -0.935. The number of hydrogen-bond acceptors (Lipinski definition) is 3. The number of carbonyl (C=O) groups is 1. The third-order valence-electron chi connectivity index (χ3n) is 1.59. The van der Waals surface area contributed by atoms with E-state index in [4.69, 9.17) is 14.9 Å². The van der Waals surface area contributed by atoms with Crippen molar-refractivity contribution in [1.82, 2.24) is 0 Å². The smallest absolute Gasteiger partial charge is 0.330 e. The Morgan fingerprint density at radius 1 is 1.69 bits per heavy atom. The summed E-state index contributed by atoms with van der Waals surface area (Å²) in [5.41, 5.74) is 0.176. The molecule has 2 N–H and O–H groups in total. The Balaban J connectivity index is 0.000000226. The van der Waals surface area contributed by atoms with Crippen molar-refractivity contribution in [2.75, 3.05) is 13.2 Å². The molecule has 1 aliphatic rings. The molecule has 76 valence electrons. The maximum atomic E-state index is 9.60. The summed E-state index contributed by atoms with van der Waals surface area (Å²) >= 11 is 0. The van der Waals surface area contributed by atoms with Crippen LogP contribution < -0.4 is 0 Å². The molecule has 13 heavy (non-hydrogen) atoms. The Labute approximate surface area is 77.8 Å². The van der Waals surface area contributed by atoms with E-state index in [2.05, 4.69) is 6.58 Å². The average Bonchev–Trinajstić information content (AvgIpc) is 2.56. The van der Waals surface area contributed by atoms with E-state index in [-0.39, 0.29) is 18.3 Å². The van der Waals surface area contributed by atoms with E-state index in [0.29, 0.717) is 0 Å². The minimum atomic E-state index is -0.935. The highest BCUT2D eigenvalue weighted by Crippen LogP contribution is 2.09. The molecule has 1 heterocycles. The van der Waals surface area contributed by atoms with Gasteiger partial charge in [-0.1, -0.05) is 6.58 Å². The van der Waals surface area contributed by atoms with E-state index in [1.807, 2.05) is 0 Å². The predicted octanol–water partition coefficient (Wildman–Crippen LogP) is 0.805. The minimum absolute atomic E-state index is 0.153. The molecule has 1 aliphatic heterocycles. The SMILES string of the molecule is C=C(C)C(=O)O.OCC1CCCO1. The predicted molar refractivity (Wildman–Crippen MR) is 48.5 cm³/mol. The molecule has 1 rings (SSSR count). The van der Waals surface area contributed by atoms with Crippen LogP contribution in [0, 0.1) is 0 Å². The molecule has 0 aromatic heterocycles. The van der Waals surface area contributed by atoms with Gasteiger partial charge in [-0.2, -0.15) is 0 Å². The van der Waals surface area contributed by atoms with Crippen LogP contribution in [0.15, 0.2) is 12.2 Å². The van der Waals surface area contributed by atoms with Crippen LogP contribution in [0.2, 0.25) is 0 Å². The lowest BCUT2D eigenvalue weighted by Crippen LogP contribution is -2.09. The number of aliphatic carboxylic acids is 1. The van der Waals surface area contributed by atoms with Crippen molar-refractivity contribution in [2.24, 2.45) is 0 Å². The van der Waals surface area contributed by atoms with Gasteiger partial charge in [0.15, 0.2) is 0 Å². The van der Waals surface area contributed by atoms with Gasteiger partial charge in [0.05, 0.1) is 12.7 Å². The van der Waals surface area contributed by atoms with E-state index in [0.717, 1.165) is 19.4 Å². The van der Waals surface area contributed by atoms with Crippen molar-refractivity contribution in [3.05, 3.63) is 12.2 Å². The Hall–Kier alpha value is -0.870. The van der Waals surface area contributed by atoms with Gasteiger partial charge in [-0.25, -0.2) is 4.79 Å². The molecule has 0 bridgehead atoms. The molecule has 1 fully saturated rings. The normalized spacial score (nSPS) is 20.3. The largest absolute Gasteiger partial charge is 0.478 e. The van der Waals surface area contributed by atoms with E-state index in [1.165, 1.54) is 6.92 Å². The number of ether oxygens (including phenoxy) is 1. The van der Waals surface area contributed by atoms with Crippen molar-refractivity contribution < 1.29 is 19.7 Å². The van der Waals surface area contributed by atoms with E-state index < -0.39 is 5.97 Å². The second-order valence-corrected chi connectivity index (χ2v) is 2.90. The molecular weight excluding hydrogens is 172 g/mol. The molecule has 0 radical (unpaired) electrons. The molecule has 4 nitrogen and oxygen atoms in total. The number of carboxylic acids is 1. The van der Waals surface area contributed by atoms with Crippen molar-refractivity contribution in [1.29, 1.82) is 0 Å². The lowest BCUT2D eigenvalue weighted by atomic mass is 10.2. The molecule has 0 aliphatic carbocycles. The highest BCUT2D eigenvalue weighted by molar-refractivity contribution is 5.84. The molecule has 1 atom stereocenters. The third kappa shape index (κ3) is 6.31. The fraction of sp³-hybridized carbons (Fsp3) is 0.667. The number of rotatable bonds is 2. The zero-order chi connectivity index (χ0) is 10.3. The van der Waals surface area contributed by atoms with Crippen LogP contribution in [-0.2, 0) is 9.53 Å². The fourth-order valence-electron chi connectivity index (χ4n) is 0.788. The van der Waals surface area contributed by atoms with Gasteiger partial charge < -0.3 is 14.9 Å². The van der Waals surface area contributed by atoms with Gasteiger partial charge in [-0.3, -0.25) is 0 Å². The second-order valence-electron chi connectivity index (χ2n) is 2.90. The summed E-state index contributed by atoms with van der Waals surface area (Å²) in [5, 5.41) is 16.3. The summed E-state index contributed by atoms with van der Waals surface area (Å²) in [4.78, 5) is 9.60. The highest BCUT2D eigenvalue weighted by atomic mass is 16.5. The zero-order valence-electron chi connectivity index (χ0n) is 7.82. The lowest BCUT2D eigenvalue weighted by molar-refractivity contribution is -0.132. The number of aliphatic hydroxyl groups excluding tert-OH is 1. The first-order chi connectivity index (χ1) is 6.07. The van der Waals surface area contributed by atoms with Gasteiger partial charge in [-0.05, 0) is 19.8 Å². The van der Waals surface area contributed by atoms with Crippen LogP contribution >= 0.6 is 0 Å². The quantitative estimate of drug-likeness (QED) is 0.629. The summed E-state index contributed by atoms with van der Waals surface area (Å²) in [6.07, 6.45) is 2.31. The molecule has 1 saturated heterocycles. The maximum Gasteiger partial charge on any atom is 0.330 e. The van der Waals surface area contributed by atoms with Crippen LogP contribution in [0.4, 0.5) is 0 Å². The van der Waals surface area contributed by atoms with Crippen LogP contribution in [-0.4, -0.2) is 35.5 Å². The molecule has 4 heteroatoms. The second kappa shape index (κ2) is 6.62. The molecule has 0 spiro atoms. The minimum Gasteiger partial charge on any atom is -0.478 e. The molecular formula is C9H16O4. The van der Waals surface area contributed by atoms with Crippen molar-refractivity contribution in [2.45, 2.75) is 25.9 Å². The first-order valence-corrected chi connectivity index (χ1v) is 4.19. The van der Waals surface area contributed by atoms with Crippen molar-refractivity contribution in [3.8, 4) is 0 Å². The summed E-state index contributed by atoms with van der Waals surface area (Å²) < 4.78 is 5.05. The molecule has 0 amide bonds. The Kier molecular flexibility index (Phi) is 6.18. The van der Waals surface area contributed by atoms with Gasteiger partial charge in [0, 0.05) is 12.2 Å². The van der Waals surface area contributed by atoms with Gasteiger partial charge >= 0.3 is 5.97 Å². The van der Waals surface area contributed by atoms with Crippen molar-refractivity contribution in [3.63, 3.8) is 0 Å². The topological polar surface area (TPSA) is 66.8 Å². The van der Waals surface area contributed by atoms with E-state index in [9.17, 15) is 4.79 Å². The summed E-state index contributed by atoms with van der Waals surface area (Å²) in [7, 11) is 0. The van der Waals surface area contributed by atoms with E-state index >= 15 is 0 Å². The van der Waals surface area contributed by atoms with Crippen LogP contribution in [0.5, 0.6) is 0 Å². The van der Waals surface area contributed by atoms with Crippen LogP contribution in [0.1, 0.15) is 19.8 Å².